The van der Waals surface area contributed by atoms with Crippen LogP contribution in [0.5, 0.6) is 0 Å². The van der Waals surface area contributed by atoms with Gasteiger partial charge in [0.25, 0.3) is 0 Å². The molecule has 0 spiro atoms. The number of carbonyl (C=O) groups is 1. The van der Waals surface area contributed by atoms with E-state index in [1.165, 1.54) is 0 Å². The van der Waals surface area contributed by atoms with E-state index in [1.54, 1.807) is 0 Å². The van der Waals surface area contributed by atoms with Gasteiger partial charge in [0.15, 0.2) is 4.99 Å². The fraction of sp³-hybridized carbons (Fsp3) is 0.778. The van der Waals surface area contributed by atoms with Crippen molar-refractivity contribution in [1.29, 1.82) is 0 Å². The number of hydrogen-bond acceptors (Lipinski definition) is 4. The predicted octanol–water partition coefficient (Wildman–Crippen LogP) is 0.205. The molecule has 1 rings (SSSR count). The van der Waals surface area contributed by atoms with Gasteiger partial charge in [-0.25, -0.2) is 4.79 Å². The van der Waals surface area contributed by atoms with E-state index >= 15 is 0 Å². The molecule has 4 nitrogen and oxygen atoms in total. The van der Waals surface area contributed by atoms with Crippen LogP contribution in [0.1, 0.15) is 19.3 Å². The maximum absolute atomic E-state index is 10.9. The lowest BCUT2D eigenvalue weighted by molar-refractivity contribution is -0.135. The summed E-state index contributed by atoms with van der Waals surface area (Å²) in [6, 6.07) is 0. The number of rotatable bonds is 3. The second-order valence-corrected chi connectivity index (χ2v) is 3.92. The Balaban J connectivity index is 2.08. The molecular weight excluding hydrogens is 200 g/mol. The minimum absolute atomic E-state index is 0.185. The van der Waals surface area contributed by atoms with Crippen molar-refractivity contribution < 1.29 is 9.53 Å². The van der Waals surface area contributed by atoms with E-state index in [1.807, 2.05) is 0 Å². The molecule has 0 radical (unpaired) electrons. The highest BCUT2D eigenvalue weighted by Crippen LogP contribution is 2.15. The SMILES string of the molecule is NC(=S)C(=O)OCCC1CCNCC1. The summed E-state index contributed by atoms with van der Waals surface area (Å²) in [5.41, 5.74) is 5.10. The van der Waals surface area contributed by atoms with Crippen molar-refractivity contribution in [2.75, 3.05) is 19.7 Å². The zero-order valence-corrected chi connectivity index (χ0v) is 8.94. The third-order valence-electron chi connectivity index (χ3n) is 2.42. The fourth-order valence-corrected chi connectivity index (χ4v) is 1.62. The summed E-state index contributed by atoms with van der Waals surface area (Å²) >= 11 is 4.48. The average molecular weight is 216 g/mol. The fourth-order valence-electron chi connectivity index (χ4n) is 1.56. The first-order chi connectivity index (χ1) is 6.70. The molecular formula is C9H16N2O2S. The molecule has 80 valence electrons. The van der Waals surface area contributed by atoms with Crippen molar-refractivity contribution in [2.24, 2.45) is 11.7 Å². The molecule has 0 aliphatic carbocycles. The van der Waals surface area contributed by atoms with Crippen LogP contribution in [0, 0.1) is 5.92 Å². The summed E-state index contributed by atoms with van der Waals surface area (Å²) in [5, 5.41) is 3.28. The Morgan fingerprint density at radius 2 is 2.14 bits per heavy atom. The molecule has 0 amide bonds. The average Bonchev–Trinajstić information content (AvgIpc) is 2.19. The van der Waals surface area contributed by atoms with Crippen LogP contribution < -0.4 is 11.1 Å². The van der Waals surface area contributed by atoms with Crippen LogP contribution >= 0.6 is 12.2 Å². The molecule has 0 bridgehead atoms. The van der Waals surface area contributed by atoms with Crippen LogP contribution in [0.4, 0.5) is 0 Å². The standard InChI is InChI=1S/C9H16N2O2S/c10-8(14)9(12)13-6-3-7-1-4-11-5-2-7/h7,11H,1-6H2,(H2,10,14). The number of esters is 1. The van der Waals surface area contributed by atoms with Crippen molar-refractivity contribution >= 4 is 23.2 Å². The number of nitrogens with one attached hydrogen (secondary N) is 1. The summed E-state index contributed by atoms with van der Waals surface area (Å²) < 4.78 is 4.88. The number of carbonyl (C=O) groups excluding carboxylic acids is 1. The first-order valence-electron chi connectivity index (χ1n) is 4.87. The van der Waals surface area contributed by atoms with Crippen molar-refractivity contribution in [3.05, 3.63) is 0 Å². The minimum Gasteiger partial charge on any atom is -0.460 e. The smallest absolute Gasteiger partial charge is 0.365 e. The van der Waals surface area contributed by atoms with Crippen molar-refractivity contribution in [2.45, 2.75) is 19.3 Å². The van der Waals surface area contributed by atoms with Gasteiger partial charge in [0, 0.05) is 0 Å². The molecule has 3 N–H and O–H groups in total. The van der Waals surface area contributed by atoms with Gasteiger partial charge in [-0.2, -0.15) is 0 Å². The van der Waals surface area contributed by atoms with Crippen molar-refractivity contribution in [1.82, 2.24) is 5.32 Å². The highest BCUT2D eigenvalue weighted by Gasteiger charge is 2.13. The van der Waals surface area contributed by atoms with Crippen LogP contribution in [0.15, 0.2) is 0 Å². The second-order valence-electron chi connectivity index (χ2n) is 3.48. The van der Waals surface area contributed by atoms with Crippen LogP contribution in [0.3, 0.4) is 0 Å². The second kappa shape index (κ2) is 5.93. The Hall–Kier alpha value is -0.680. The Morgan fingerprint density at radius 3 is 2.71 bits per heavy atom. The summed E-state index contributed by atoms with van der Waals surface area (Å²) in [7, 11) is 0. The van der Waals surface area contributed by atoms with Gasteiger partial charge in [-0.1, -0.05) is 12.2 Å². The van der Waals surface area contributed by atoms with Crippen molar-refractivity contribution in [3.8, 4) is 0 Å². The van der Waals surface area contributed by atoms with E-state index in [-0.39, 0.29) is 4.99 Å². The Morgan fingerprint density at radius 1 is 1.50 bits per heavy atom. The molecule has 0 saturated carbocycles. The summed E-state index contributed by atoms with van der Waals surface area (Å²) in [4.78, 5) is 10.7. The Labute approximate surface area is 89.2 Å². The predicted molar refractivity (Wildman–Crippen MR) is 58.0 cm³/mol. The quantitative estimate of drug-likeness (QED) is 0.521. The van der Waals surface area contributed by atoms with Gasteiger partial charge < -0.3 is 15.8 Å². The van der Waals surface area contributed by atoms with E-state index in [2.05, 4.69) is 17.5 Å². The van der Waals surface area contributed by atoms with Crippen LogP contribution in [-0.4, -0.2) is 30.7 Å². The summed E-state index contributed by atoms with van der Waals surface area (Å²) in [5.74, 6) is 0.101. The van der Waals surface area contributed by atoms with E-state index in [4.69, 9.17) is 10.5 Å². The van der Waals surface area contributed by atoms with Crippen LogP contribution in [0.25, 0.3) is 0 Å². The molecule has 1 heterocycles. The van der Waals surface area contributed by atoms with Crippen LogP contribution in [-0.2, 0) is 9.53 Å². The molecule has 14 heavy (non-hydrogen) atoms. The monoisotopic (exact) mass is 216 g/mol. The maximum Gasteiger partial charge on any atom is 0.365 e. The lowest BCUT2D eigenvalue weighted by Crippen LogP contribution is -2.29. The largest absolute Gasteiger partial charge is 0.460 e. The van der Waals surface area contributed by atoms with Gasteiger partial charge in [-0.05, 0) is 38.3 Å². The lowest BCUT2D eigenvalue weighted by atomic mass is 9.95. The molecule has 0 unspecified atom stereocenters. The number of nitrogens with two attached hydrogens (primary N) is 1. The molecule has 1 saturated heterocycles. The van der Waals surface area contributed by atoms with Gasteiger partial charge >= 0.3 is 5.97 Å². The third-order valence-corrected chi connectivity index (χ3v) is 2.59. The zero-order chi connectivity index (χ0) is 10.4. The van der Waals surface area contributed by atoms with Gasteiger partial charge in [-0.3, -0.25) is 0 Å². The maximum atomic E-state index is 10.9. The molecule has 5 heteroatoms. The van der Waals surface area contributed by atoms with Crippen LogP contribution in [0.2, 0.25) is 0 Å². The summed E-state index contributed by atoms with van der Waals surface area (Å²) in [6.45, 7) is 2.56. The van der Waals surface area contributed by atoms with Gasteiger partial charge in [0.05, 0.1) is 6.61 Å². The topological polar surface area (TPSA) is 64.4 Å². The van der Waals surface area contributed by atoms with Gasteiger partial charge in [0.2, 0.25) is 0 Å². The zero-order valence-electron chi connectivity index (χ0n) is 8.12. The molecule has 0 aromatic rings. The van der Waals surface area contributed by atoms with E-state index < -0.39 is 5.97 Å². The molecule has 0 atom stereocenters. The Bertz CT molecular complexity index is 215. The number of piperidine rings is 1. The number of ether oxygens (including phenoxy) is 1. The molecule has 1 fully saturated rings. The minimum atomic E-state index is -0.561. The van der Waals surface area contributed by atoms with Crippen molar-refractivity contribution in [3.63, 3.8) is 0 Å². The Kier molecular flexibility index (Phi) is 4.82. The number of thiocarbonyl (C=S) groups is 1. The van der Waals surface area contributed by atoms with E-state index in [0.29, 0.717) is 12.5 Å². The van der Waals surface area contributed by atoms with E-state index in [9.17, 15) is 4.79 Å². The normalized spacial score (nSPS) is 17.7. The summed E-state index contributed by atoms with van der Waals surface area (Å²) in [6.07, 6.45) is 3.23. The van der Waals surface area contributed by atoms with Gasteiger partial charge in [-0.15, -0.1) is 0 Å². The highest BCUT2D eigenvalue weighted by atomic mass is 32.1. The van der Waals surface area contributed by atoms with Gasteiger partial charge in [0.1, 0.15) is 0 Å². The lowest BCUT2D eigenvalue weighted by Gasteiger charge is -2.22. The molecule has 1 aliphatic heterocycles. The molecule has 1 aliphatic rings. The first-order valence-corrected chi connectivity index (χ1v) is 5.28. The first kappa shape index (κ1) is 11.4. The third kappa shape index (κ3) is 4.02. The molecule has 0 aromatic heterocycles. The number of hydrogen-bond donors (Lipinski definition) is 2. The highest BCUT2D eigenvalue weighted by molar-refractivity contribution is 7.81. The van der Waals surface area contributed by atoms with E-state index in [0.717, 1.165) is 32.4 Å². The molecule has 0 aromatic carbocycles.